The molecular weight excluding hydrogens is 204 g/mol. The predicted molar refractivity (Wildman–Crippen MR) is 58.7 cm³/mol. The highest BCUT2D eigenvalue weighted by atomic mass is 16.5. The number of hydrogen-bond donors (Lipinski definition) is 0. The van der Waals surface area contributed by atoms with Gasteiger partial charge in [0.25, 0.3) is 0 Å². The van der Waals surface area contributed by atoms with Gasteiger partial charge in [-0.15, -0.1) is 0 Å². The fraction of sp³-hybridized carbons (Fsp3) is 0.154. The number of carbonyl (C=O) groups is 1. The van der Waals surface area contributed by atoms with Crippen LogP contribution < -0.4 is 4.74 Å². The summed E-state index contributed by atoms with van der Waals surface area (Å²) in [5.74, 6) is 1.23. The van der Waals surface area contributed by atoms with Crippen LogP contribution in [0.25, 0.3) is 11.1 Å². The Morgan fingerprint density at radius 3 is 3.00 bits per heavy atom. The molecule has 3 heteroatoms. The molecule has 0 bridgehead atoms. The zero-order valence-electron chi connectivity index (χ0n) is 8.60. The summed E-state index contributed by atoms with van der Waals surface area (Å²) >= 11 is 0. The summed E-state index contributed by atoms with van der Waals surface area (Å²) in [6.07, 6.45) is 3.18. The molecule has 2 aromatic rings. The van der Waals surface area contributed by atoms with Crippen LogP contribution in [0.1, 0.15) is 16.1 Å². The summed E-state index contributed by atoms with van der Waals surface area (Å²) in [6.45, 7) is 0.709. The van der Waals surface area contributed by atoms with E-state index in [1.54, 1.807) is 6.07 Å². The highest BCUT2D eigenvalue weighted by Gasteiger charge is 2.19. The van der Waals surface area contributed by atoms with E-state index in [1.807, 2.05) is 18.2 Å². The van der Waals surface area contributed by atoms with Crippen LogP contribution in [0.5, 0.6) is 5.75 Å². The van der Waals surface area contributed by atoms with Crippen molar-refractivity contribution in [2.75, 3.05) is 6.61 Å². The van der Waals surface area contributed by atoms with Gasteiger partial charge in [-0.2, -0.15) is 0 Å². The van der Waals surface area contributed by atoms with Gasteiger partial charge in [-0.05, 0) is 11.6 Å². The zero-order valence-corrected chi connectivity index (χ0v) is 8.60. The van der Waals surface area contributed by atoms with E-state index in [2.05, 4.69) is 0 Å². The lowest BCUT2D eigenvalue weighted by atomic mass is 10.0. The Morgan fingerprint density at radius 1 is 1.19 bits per heavy atom. The number of furan rings is 1. The molecule has 0 amide bonds. The maximum atomic E-state index is 10.8. The summed E-state index contributed by atoms with van der Waals surface area (Å²) in [4.78, 5) is 10.8. The molecule has 1 aliphatic rings. The van der Waals surface area contributed by atoms with Crippen molar-refractivity contribution in [1.82, 2.24) is 0 Å². The first-order chi connectivity index (χ1) is 7.90. The molecule has 1 aliphatic heterocycles. The Bertz CT molecular complexity index is 540. The highest BCUT2D eigenvalue weighted by molar-refractivity contribution is 5.87. The molecule has 0 radical (unpaired) electrons. The van der Waals surface area contributed by atoms with Crippen molar-refractivity contribution in [1.29, 1.82) is 0 Å². The summed E-state index contributed by atoms with van der Waals surface area (Å²) in [5, 5.41) is 0. The average Bonchev–Trinajstić information content (AvgIpc) is 2.96. The quantitative estimate of drug-likeness (QED) is 0.721. The van der Waals surface area contributed by atoms with Crippen molar-refractivity contribution in [2.45, 2.75) is 6.42 Å². The average molecular weight is 214 g/mol. The Kier molecular flexibility index (Phi) is 2.03. The molecule has 0 saturated heterocycles. The van der Waals surface area contributed by atoms with Crippen LogP contribution >= 0.6 is 0 Å². The molecule has 0 spiro atoms. The fourth-order valence-corrected chi connectivity index (χ4v) is 2.06. The number of para-hydroxylation sites is 1. The van der Waals surface area contributed by atoms with E-state index in [-0.39, 0.29) is 0 Å². The van der Waals surface area contributed by atoms with Crippen LogP contribution in [-0.2, 0) is 6.42 Å². The van der Waals surface area contributed by atoms with Gasteiger partial charge in [-0.3, -0.25) is 4.79 Å². The topological polar surface area (TPSA) is 39.4 Å². The van der Waals surface area contributed by atoms with E-state index in [1.165, 1.54) is 11.8 Å². The van der Waals surface area contributed by atoms with Crippen LogP contribution in [0, 0.1) is 0 Å². The van der Waals surface area contributed by atoms with E-state index in [0.29, 0.717) is 12.4 Å². The Balaban J connectivity index is 2.20. The molecule has 0 atom stereocenters. The maximum absolute atomic E-state index is 10.8. The van der Waals surface area contributed by atoms with E-state index in [4.69, 9.17) is 9.15 Å². The first-order valence-electron chi connectivity index (χ1n) is 5.18. The number of fused-ring (bicyclic) bond motifs is 1. The zero-order chi connectivity index (χ0) is 11.0. The van der Waals surface area contributed by atoms with Crippen molar-refractivity contribution in [3.05, 3.63) is 41.9 Å². The number of rotatable bonds is 2. The number of hydrogen-bond acceptors (Lipinski definition) is 3. The molecule has 0 aliphatic carbocycles. The van der Waals surface area contributed by atoms with Gasteiger partial charge >= 0.3 is 0 Å². The third-order valence-electron chi connectivity index (χ3n) is 2.81. The fourth-order valence-electron chi connectivity index (χ4n) is 2.06. The molecule has 3 rings (SSSR count). The van der Waals surface area contributed by atoms with Gasteiger partial charge in [-0.25, -0.2) is 0 Å². The van der Waals surface area contributed by atoms with E-state index >= 15 is 0 Å². The second-order valence-corrected chi connectivity index (χ2v) is 3.71. The molecule has 1 aromatic heterocycles. The van der Waals surface area contributed by atoms with Crippen LogP contribution in [0.15, 0.2) is 34.9 Å². The summed E-state index contributed by atoms with van der Waals surface area (Å²) in [5.41, 5.74) is 2.93. The van der Waals surface area contributed by atoms with Gasteiger partial charge in [0.05, 0.1) is 12.9 Å². The summed E-state index contributed by atoms with van der Waals surface area (Å²) < 4.78 is 10.7. The van der Waals surface area contributed by atoms with Crippen molar-refractivity contribution in [3.63, 3.8) is 0 Å². The molecule has 80 valence electrons. The van der Waals surface area contributed by atoms with Crippen LogP contribution in [0.4, 0.5) is 0 Å². The van der Waals surface area contributed by atoms with Gasteiger partial charge < -0.3 is 9.15 Å². The Hall–Kier alpha value is -2.03. The van der Waals surface area contributed by atoms with Gasteiger partial charge in [0, 0.05) is 17.5 Å². The molecule has 0 N–H and O–H groups in total. The Morgan fingerprint density at radius 2 is 2.12 bits per heavy atom. The number of ether oxygens (including phenoxy) is 1. The summed E-state index contributed by atoms with van der Waals surface area (Å²) in [6, 6.07) is 7.76. The van der Waals surface area contributed by atoms with E-state index in [0.717, 1.165) is 29.6 Å². The minimum Gasteiger partial charge on any atom is -0.492 e. The molecular formula is C13H10O3. The second-order valence-electron chi connectivity index (χ2n) is 3.71. The van der Waals surface area contributed by atoms with Crippen molar-refractivity contribution in [2.24, 2.45) is 0 Å². The van der Waals surface area contributed by atoms with Crippen LogP contribution in [-0.4, -0.2) is 12.9 Å². The normalized spacial score (nSPS) is 13.2. The van der Waals surface area contributed by atoms with Crippen LogP contribution in [0.3, 0.4) is 0 Å². The largest absolute Gasteiger partial charge is 0.492 e. The SMILES string of the molecule is O=Cc1occc1-c1cccc2c1OCC2. The number of benzene rings is 1. The van der Waals surface area contributed by atoms with Gasteiger partial charge in [-0.1, -0.05) is 18.2 Å². The van der Waals surface area contributed by atoms with Gasteiger partial charge in [0.15, 0.2) is 12.0 Å². The Labute approximate surface area is 92.6 Å². The lowest BCUT2D eigenvalue weighted by Gasteiger charge is -2.06. The predicted octanol–water partition coefficient (Wildman–Crippen LogP) is 2.69. The number of aldehydes is 1. The molecule has 0 unspecified atom stereocenters. The second kappa shape index (κ2) is 3.52. The third kappa shape index (κ3) is 1.25. The molecule has 2 heterocycles. The minimum atomic E-state index is 0.351. The molecule has 16 heavy (non-hydrogen) atoms. The first kappa shape index (κ1) is 9.21. The monoisotopic (exact) mass is 214 g/mol. The van der Waals surface area contributed by atoms with E-state index in [9.17, 15) is 4.79 Å². The van der Waals surface area contributed by atoms with Crippen molar-refractivity contribution < 1.29 is 13.9 Å². The van der Waals surface area contributed by atoms with Crippen LogP contribution in [0.2, 0.25) is 0 Å². The van der Waals surface area contributed by atoms with E-state index < -0.39 is 0 Å². The minimum absolute atomic E-state index is 0.351. The highest BCUT2D eigenvalue weighted by Crippen LogP contribution is 2.38. The van der Waals surface area contributed by atoms with Gasteiger partial charge in [0.1, 0.15) is 5.75 Å². The molecule has 0 fully saturated rings. The summed E-state index contributed by atoms with van der Waals surface area (Å²) in [7, 11) is 0. The lowest BCUT2D eigenvalue weighted by Crippen LogP contribution is -1.89. The lowest BCUT2D eigenvalue weighted by molar-refractivity contribution is 0.110. The third-order valence-corrected chi connectivity index (χ3v) is 2.81. The van der Waals surface area contributed by atoms with Crippen molar-refractivity contribution >= 4 is 6.29 Å². The smallest absolute Gasteiger partial charge is 0.185 e. The van der Waals surface area contributed by atoms with Gasteiger partial charge in [0.2, 0.25) is 0 Å². The molecule has 3 nitrogen and oxygen atoms in total. The molecule has 1 aromatic carbocycles. The molecule has 0 saturated carbocycles. The first-order valence-corrected chi connectivity index (χ1v) is 5.18. The van der Waals surface area contributed by atoms with Crippen molar-refractivity contribution in [3.8, 4) is 16.9 Å². The standard InChI is InChI=1S/C13H10O3/c14-8-12-10(5-7-15-12)11-3-1-2-9-4-6-16-13(9)11/h1-3,5,7-8H,4,6H2. The number of carbonyl (C=O) groups excluding carboxylic acids is 1. The maximum Gasteiger partial charge on any atom is 0.185 e.